The number of imide groups is 1. The van der Waals surface area contributed by atoms with E-state index in [1.807, 2.05) is 0 Å². The number of hydrogen-bond acceptors (Lipinski definition) is 3. The van der Waals surface area contributed by atoms with E-state index in [2.05, 4.69) is 10.6 Å². The van der Waals surface area contributed by atoms with Crippen LogP contribution in [0.3, 0.4) is 0 Å². The average Bonchev–Trinajstić information content (AvgIpc) is 2.74. The van der Waals surface area contributed by atoms with Gasteiger partial charge in [-0.05, 0) is 12.1 Å². The first-order valence-corrected chi connectivity index (χ1v) is 4.84. The molecule has 1 aromatic rings. The van der Waals surface area contributed by atoms with Crippen LogP contribution in [0.2, 0.25) is 0 Å². The van der Waals surface area contributed by atoms with E-state index in [1.54, 1.807) is 29.9 Å². The molecule has 2 N–H and O–H groups in total. The van der Waals surface area contributed by atoms with Crippen molar-refractivity contribution in [1.82, 2.24) is 15.2 Å². The van der Waals surface area contributed by atoms with Crippen LogP contribution in [0.4, 0.5) is 0 Å². The van der Waals surface area contributed by atoms with Gasteiger partial charge >= 0.3 is 0 Å². The Hall–Kier alpha value is -2.11. The molecule has 1 saturated heterocycles. The highest BCUT2D eigenvalue weighted by Gasteiger charge is 2.32. The second-order valence-corrected chi connectivity index (χ2v) is 3.65. The Morgan fingerprint density at radius 2 is 2.31 bits per heavy atom. The molecule has 0 radical (unpaired) electrons. The zero-order valence-electron chi connectivity index (χ0n) is 8.69. The van der Waals surface area contributed by atoms with Crippen molar-refractivity contribution in [1.29, 1.82) is 0 Å². The lowest BCUT2D eigenvalue weighted by atomic mass is 10.2. The van der Waals surface area contributed by atoms with Crippen molar-refractivity contribution in [2.24, 2.45) is 7.05 Å². The Bertz CT molecular complexity index is 464. The summed E-state index contributed by atoms with van der Waals surface area (Å²) in [6.07, 6.45) is 1.74. The Kier molecular flexibility index (Phi) is 2.47. The molecule has 0 bridgehead atoms. The minimum Gasteiger partial charge on any atom is -0.347 e. The van der Waals surface area contributed by atoms with Gasteiger partial charge in [0.25, 0.3) is 5.91 Å². The van der Waals surface area contributed by atoms with E-state index in [0.29, 0.717) is 5.69 Å². The summed E-state index contributed by atoms with van der Waals surface area (Å²) in [7, 11) is 1.73. The van der Waals surface area contributed by atoms with Crippen LogP contribution < -0.4 is 10.6 Å². The number of hydrogen-bond donors (Lipinski definition) is 2. The molecule has 1 aliphatic heterocycles. The Morgan fingerprint density at radius 3 is 2.81 bits per heavy atom. The Labute approximate surface area is 91.6 Å². The molecule has 1 aliphatic rings. The lowest BCUT2D eigenvalue weighted by Gasteiger charge is -2.09. The normalized spacial score (nSPS) is 19.7. The van der Waals surface area contributed by atoms with Crippen molar-refractivity contribution in [2.75, 3.05) is 0 Å². The van der Waals surface area contributed by atoms with Gasteiger partial charge < -0.3 is 9.88 Å². The molecule has 0 aromatic carbocycles. The maximum atomic E-state index is 11.7. The summed E-state index contributed by atoms with van der Waals surface area (Å²) in [6.45, 7) is 0. The molecular formula is C10H11N3O3. The first kappa shape index (κ1) is 10.4. The van der Waals surface area contributed by atoms with Crippen LogP contribution in [0.25, 0.3) is 0 Å². The largest absolute Gasteiger partial charge is 0.347 e. The average molecular weight is 221 g/mol. The second kappa shape index (κ2) is 3.80. The van der Waals surface area contributed by atoms with E-state index in [-0.39, 0.29) is 18.2 Å². The predicted octanol–water partition coefficient (Wildman–Crippen LogP) is -0.830. The van der Waals surface area contributed by atoms with Gasteiger partial charge in [0.15, 0.2) is 0 Å². The molecule has 1 aromatic heterocycles. The first-order valence-electron chi connectivity index (χ1n) is 4.84. The summed E-state index contributed by atoms with van der Waals surface area (Å²) in [5, 5.41) is 4.64. The maximum absolute atomic E-state index is 11.7. The van der Waals surface area contributed by atoms with Crippen molar-refractivity contribution in [2.45, 2.75) is 12.5 Å². The quantitative estimate of drug-likeness (QED) is 0.640. The summed E-state index contributed by atoms with van der Waals surface area (Å²) in [4.78, 5) is 33.8. The highest BCUT2D eigenvalue weighted by atomic mass is 16.2. The van der Waals surface area contributed by atoms with Gasteiger partial charge in [-0.1, -0.05) is 0 Å². The fraction of sp³-hybridized carbons (Fsp3) is 0.300. The Balaban J connectivity index is 2.06. The highest BCUT2D eigenvalue weighted by Crippen LogP contribution is 2.04. The smallest absolute Gasteiger partial charge is 0.268 e. The standard InChI is InChI=1S/C10H11N3O3/c1-13-4-2-3-7(13)10(16)11-6-5-8(14)12-9(6)15/h2-4,6H,5H2,1H3,(H,11,16)(H,12,14,15). The number of aryl methyl sites for hydroxylation is 1. The molecule has 1 fully saturated rings. The molecule has 1 unspecified atom stereocenters. The van der Waals surface area contributed by atoms with E-state index >= 15 is 0 Å². The second-order valence-electron chi connectivity index (χ2n) is 3.65. The van der Waals surface area contributed by atoms with Crippen molar-refractivity contribution in [3.8, 4) is 0 Å². The third-order valence-electron chi connectivity index (χ3n) is 2.45. The molecule has 0 saturated carbocycles. The van der Waals surface area contributed by atoms with Crippen molar-refractivity contribution in [3.05, 3.63) is 24.0 Å². The number of amides is 3. The van der Waals surface area contributed by atoms with Crippen molar-refractivity contribution >= 4 is 17.7 Å². The summed E-state index contributed by atoms with van der Waals surface area (Å²) in [5.41, 5.74) is 0.451. The highest BCUT2D eigenvalue weighted by molar-refractivity contribution is 6.08. The fourth-order valence-corrected chi connectivity index (χ4v) is 1.60. The van der Waals surface area contributed by atoms with Crippen LogP contribution in [0, 0.1) is 0 Å². The minimum absolute atomic E-state index is 0.00892. The topological polar surface area (TPSA) is 80.2 Å². The SMILES string of the molecule is Cn1cccc1C(=O)NC1CC(=O)NC1=O. The molecule has 6 nitrogen and oxygen atoms in total. The Morgan fingerprint density at radius 1 is 1.56 bits per heavy atom. The van der Waals surface area contributed by atoms with Crippen LogP contribution in [-0.2, 0) is 16.6 Å². The first-order chi connectivity index (χ1) is 7.58. The zero-order chi connectivity index (χ0) is 11.7. The number of carbonyl (C=O) groups is 3. The van der Waals surface area contributed by atoms with E-state index in [4.69, 9.17) is 0 Å². The summed E-state index contributed by atoms with van der Waals surface area (Å²) in [6, 6.07) is 2.62. The van der Waals surface area contributed by atoms with Gasteiger partial charge in [-0.3, -0.25) is 19.7 Å². The van der Waals surface area contributed by atoms with Gasteiger partial charge in [0, 0.05) is 13.2 Å². The van der Waals surface area contributed by atoms with Gasteiger partial charge in [-0.25, -0.2) is 0 Å². The number of aromatic nitrogens is 1. The minimum atomic E-state index is -0.755. The van der Waals surface area contributed by atoms with Gasteiger partial charge in [0.1, 0.15) is 11.7 Å². The number of carbonyl (C=O) groups excluding carboxylic acids is 3. The van der Waals surface area contributed by atoms with Crippen LogP contribution in [0.1, 0.15) is 16.9 Å². The summed E-state index contributed by atoms with van der Waals surface area (Å²) >= 11 is 0. The molecular weight excluding hydrogens is 210 g/mol. The van der Waals surface area contributed by atoms with Gasteiger partial charge in [-0.2, -0.15) is 0 Å². The van der Waals surface area contributed by atoms with E-state index in [9.17, 15) is 14.4 Å². The molecule has 6 heteroatoms. The maximum Gasteiger partial charge on any atom is 0.268 e. The van der Waals surface area contributed by atoms with E-state index < -0.39 is 11.9 Å². The predicted molar refractivity (Wildman–Crippen MR) is 54.4 cm³/mol. The van der Waals surface area contributed by atoms with Crippen LogP contribution in [0.5, 0.6) is 0 Å². The molecule has 0 spiro atoms. The van der Waals surface area contributed by atoms with Crippen LogP contribution in [-0.4, -0.2) is 28.3 Å². The van der Waals surface area contributed by atoms with Crippen LogP contribution >= 0.6 is 0 Å². The van der Waals surface area contributed by atoms with Crippen molar-refractivity contribution < 1.29 is 14.4 Å². The van der Waals surface area contributed by atoms with E-state index in [0.717, 1.165) is 0 Å². The zero-order valence-corrected chi connectivity index (χ0v) is 8.69. The molecule has 2 rings (SSSR count). The molecule has 0 aliphatic carbocycles. The lowest BCUT2D eigenvalue weighted by molar-refractivity contribution is -0.125. The molecule has 84 valence electrons. The van der Waals surface area contributed by atoms with Crippen LogP contribution in [0.15, 0.2) is 18.3 Å². The monoisotopic (exact) mass is 221 g/mol. The summed E-state index contributed by atoms with van der Waals surface area (Å²) in [5.74, 6) is -1.17. The van der Waals surface area contributed by atoms with Gasteiger partial charge in [-0.15, -0.1) is 0 Å². The molecule has 2 heterocycles. The molecule has 1 atom stereocenters. The van der Waals surface area contributed by atoms with Gasteiger partial charge in [0.2, 0.25) is 11.8 Å². The van der Waals surface area contributed by atoms with E-state index in [1.165, 1.54) is 0 Å². The number of rotatable bonds is 2. The number of nitrogens with one attached hydrogen (secondary N) is 2. The lowest BCUT2D eigenvalue weighted by Crippen LogP contribution is -2.40. The third kappa shape index (κ3) is 1.81. The summed E-state index contributed by atoms with van der Waals surface area (Å²) < 4.78 is 1.64. The molecule has 16 heavy (non-hydrogen) atoms. The number of nitrogens with zero attached hydrogens (tertiary/aromatic N) is 1. The third-order valence-corrected chi connectivity index (χ3v) is 2.45. The fourth-order valence-electron chi connectivity index (χ4n) is 1.60. The van der Waals surface area contributed by atoms with Gasteiger partial charge in [0.05, 0.1) is 6.42 Å². The van der Waals surface area contributed by atoms with Crippen molar-refractivity contribution in [3.63, 3.8) is 0 Å². The molecule has 3 amide bonds.